The van der Waals surface area contributed by atoms with E-state index in [1.165, 1.54) is 0 Å². The molecule has 1 aliphatic rings. The van der Waals surface area contributed by atoms with Gasteiger partial charge >= 0.3 is 0 Å². The molecule has 2 heterocycles. The highest BCUT2D eigenvalue weighted by Gasteiger charge is 2.21. The lowest BCUT2D eigenvalue weighted by Gasteiger charge is -2.09. The van der Waals surface area contributed by atoms with Crippen molar-refractivity contribution in [2.24, 2.45) is 5.92 Å². The Hall–Kier alpha value is -1.22. The van der Waals surface area contributed by atoms with Gasteiger partial charge < -0.3 is 4.90 Å². The van der Waals surface area contributed by atoms with Gasteiger partial charge in [-0.05, 0) is 37.6 Å². The summed E-state index contributed by atoms with van der Waals surface area (Å²) in [5, 5.41) is 0. The molecule has 1 atom stereocenters. The van der Waals surface area contributed by atoms with Crippen molar-refractivity contribution in [1.29, 1.82) is 0 Å². The monoisotopic (exact) mass is 218 g/mol. The highest BCUT2D eigenvalue weighted by atomic mass is 16.1. The van der Waals surface area contributed by atoms with Crippen molar-refractivity contribution in [2.75, 3.05) is 20.1 Å². The molecule has 0 unspecified atom stereocenters. The van der Waals surface area contributed by atoms with E-state index in [4.69, 9.17) is 0 Å². The van der Waals surface area contributed by atoms with Crippen molar-refractivity contribution in [2.45, 2.75) is 19.3 Å². The van der Waals surface area contributed by atoms with Gasteiger partial charge in [-0.3, -0.25) is 9.78 Å². The molecule has 1 aromatic heterocycles. The van der Waals surface area contributed by atoms with E-state index in [1.54, 1.807) is 12.4 Å². The van der Waals surface area contributed by atoms with Gasteiger partial charge in [-0.15, -0.1) is 0 Å². The molecule has 0 N–H and O–H groups in total. The van der Waals surface area contributed by atoms with E-state index in [-0.39, 0.29) is 0 Å². The first-order chi connectivity index (χ1) is 7.74. The molecule has 0 spiro atoms. The van der Waals surface area contributed by atoms with Crippen LogP contribution in [0, 0.1) is 5.92 Å². The third kappa shape index (κ3) is 3.14. The van der Waals surface area contributed by atoms with E-state index in [2.05, 4.69) is 16.9 Å². The Bertz CT molecular complexity index is 350. The Balaban J connectivity index is 1.81. The zero-order valence-corrected chi connectivity index (χ0v) is 9.72. The number of nitrogens with zero attached hydrogens (tertiary/aromatic N) is 2. The molecule has 0 aliphatic carbocycles. The Kier molecular flexibility index (Phi) is 3.67. The molecule has 1 fully saturated rings. The summed E-state index contributed by atoms with van der Waals surface area (Å²) in [5.74, 6) is 0.905. The number of ketones is 1. The second-order valence-corrected chi connectivity index (χ2v) is 4.70. The third-order valence-electron chi connectivity index (χ3n) is 3.13. The summed E-state index contributed by atoms with van der Waals surface area (Å²) in [6, 6.07) is 3.84. The summed E-state index contributed by atoms with van der Waals surface area (Å²) >= 11 is 0. The Labute approximate surface area is 96.5 Å². The highest BCUT2D eigenvalue weighted by Crippen LogP contribution is 2.18. The molecule has 0 saturated carbocycles. The minimum atomic E-state index is 0.341. The molecule has 3 heteroatoms. The fourth-order valence-corrected chi connectivity index (χ4v) is 2.32. The minimum absolute atomic E-state index is 0.341. The van der Waals surface area contributed by atoms with Gasteiger partial charge in [0.2, 0.25) is 0 Å². The number of hydrogen-bond acceptors (Lipinski definition) is 3. The van der Waals surface area contributed by atoms with E-state index in [0.29, 0.717) is 18.1 Å². The number of rotatable bonds is 4. The quantitative estimate of drug-likeness (QED) is 0.768. The molecular formula is C13H18N2O. The van der Waals surface area contributed by atoms with Gasteiger partial charge in [-0.25, -0.2) is 0 Å². The molecular weight excluding hydrogens is 200 g/mol. The van der Waals surface area contributed by atoms with Crippen molar-refractivity contribution < 1.29 is 4.79 Å². The van der Waals surface area contributed by atoms with Gasteiger partial charge in [0.1, 0.15) is 5.78 Å². The molecule has 0 amide bonds. The average Bonchev–Trinajstić information content (AvgIpc) is 2.65. The molecule has 1 saturated heterocycles. The molecule has 1 aliphatic heterocycles. The van der Waals surface area contributed by atoms with Crippen molar-refractivity contribution >= 4 is 5.78 Å². The van der Waals surface area contributed by atoms with E-state index in [1.807, 2.05) is 12.1 Å². The molecule has 16 heavy (non-hydrogen) atoms. The van der Waals surface area contributed by atoms with Crippen LogP contribution < -0.4 is 0 Å². The maximum atomic E-state index is 11.8. The summed E-state index contributed by atoms with van der Waals surface area (Å²) < 4.78 is 0. The second kappa shape index (κ2) is 5.21. The first kappa shape index (κ1) is 11.3. The van der Waals surface area contributed by atoms with Crippen LogP contribution in [0.5, 0.6) is 0 Å². The molecule has 3 nitrogen and oxygen atoms in total. The highest BCUT2D eigenvalue weighted by molar-refractivity contribution is 5.81. The number of likely N-dealkylation sites (tertiary alicyclic amines) is 1. The molecule has 0 aromatic carbocycles. The lowest BCUT2D eigenvalue weighted by atomic mass is 9.98. The summed E-state index contributed by atoms with van der Waals surface area (Å²) in [4.78, 5) is 18.1. The van der Waals surface area contributed by atoms with Crippen LogP contribution in [0.3, 0.4) is 0 Å². The molecule has 2 rings (SSSR count). The average molecular weight is 218 g/mol. The Morgan fingerprint density at radius 1 is 1.62 bits per heavy atom. The number of hydrogen-bond donors (Lipinski definition) is 0. The topological polar surface area (TPSA) is 33.2 Å². The van der Waals surface area contributed by atoms with E-state index in [9.17, 15) is 4.79 Å². The largest absolute Gasteiger partial charge is 0.306 e. The maximum Gasteiger partial charge on any atom is 0.137 e. The number of Topliss-reactive ketones (excluding diaryl/α,β-unsaturated/α-hetero) is 1. The predicted molar refractivity (Wildman–Crippen MR) is 63.2 cm³/mol. The fourth-order valence-electron chi connectivity index (χ4n) is 2.32. The summed E-state index contributed by atoms with van der Waals surface area (Å²) in [7, 11) is 2.12. The molecule has 1 aromatic rings. The van der Waals surface area contributed by atoms with Crippen LogP contribution in [0.4, 0.5) is 0 Å². The lowest BCUT2D eigenvalue weighted by molar-refractivity contribution is -0.119. The molecule has 0 bridgehead atoms. The van der Waals surface area contributed by atoms with Gasteiger partial charge in [-0.1, -0.05) is 6.07 Å². The zero-order chi connectivity index (χ0) is 11.4. The normalized spacial score (nSPS) is 21.2. The standard InChI is InChI=1S/C13H18N2O/c1-15-6-4-12(10-15)8-13(16)7-11-3-2-5-14-9-11/h2-3,5,9,12H,4,6-8,10H2,1H3/t12-/m0/s1. The van der Waals surface area contributed by atoms with Gasteiger partial charge in [0, 0.05) is 31.8 Å². The Morgan fingerprint density at radius 2 is 2.50 bits per heavy atom. The Morgan fingerprint density at radius 3 is 3.12 bits per heavy atom. The van der Waals surface area contributed by atoms with Crippen molar-refractivity contribution in [3.05, 3.63) is 30.1 Å². The van der Waals surface area contributed by atoms with Gasteiger partial charge in [0.05, 0.1) is 0 Å². The number of carbonyl (C=O) groups is 1. The zero-order valence-electron chi connectivity index (χ0n) is 9.72. The van der Waals surface area contributed by atoms with Crippen LogP contribution in [0.15, 0.2) is 24.5 Å². The number of aromatic nitrogens is 1. The number of carbonyl (C=O) groups excluding carboxylic acids is 1. The summed E-state index contributed by atoms with van der Waals surface area (Å²) in [5.41, 5.74) is 1.03. The fraction of sp³-hybridized carbons (Fsp3) is 0.538. The van der Waals surface area contributed by atoms with Crippen molar-refractivity contribution in [3.8, 4) is 0 Å². The molecule has 0 radical (unpaired) electrons. The van der Waals surface area contributed by atoms with Gasteiger partial charge in [0.15, 0.2) is 0 Å². The predicted octanol–water partition coefficient (Wildman–Crippen LogP) is 1.54. The number of pyridine rings is 1. The van der Waals surface area contributed by atoms with Gasteiger partial charge in [-0.2, -0.15) is 0 Å². The SMILES string of the molecule is CN1CC[C@@H](CC(=O)Cc2cccnc2)C1. The van der Waals surface area contributed by atoms with Crippen LogP contribution >= 0.6 is 0 Å². The second-order valence-electron chi connectivity index (χ2n) is 4.70. The van der Waals surface area contributed by atoms with Crippen LogP contribution in [0.1, 0.15) is 18.4 Å². The maximum absolute atomic E-state index is 11.8. The summed E-state index contributed by atoms with van der Waals surface area (Å²) in [6.45, 7) is 2.20. The summed E-state index contributed by atoms with van der Waals surface area (Å²) in [6.07, 6.45) is 5.93. The van der Waals surface area contributed by atoms with E-state index >= 15 is 0 Å². The van der Waals surface area contributed by atoms with Crippen molar-refractivity contribution in [3.63, 3.8) is 0 Å². The molecule has 86 valence electrons. The first-order valence-corrected chi connectivity index (χ1v) is 5.83. The minimum Gasteiger partial charge on any atom is -0.306 e. The van der Waals surface area contributed by atoms with Crippen LogP contribution in [-0.2, 0) is 11.2 Å². The first-order valence-electron chi connectivity index (χ1n) is 5.83. The van der Waals surface area contributed by atoms with Crippen molar-refractivity contribution in [1.82, 2.24) is 9.88 Å². The lowest BCUT2D eigenvalue weighted by Crippen LogP contribution is -2.16. The van der Waals surface area contributed by atoms with Crippen LogP contribution in [0.2, 0.25) is 0 Å². The smallest absolute Gasteiger partial charge is 0.137 e. The van der Waals surface area contributed by atoms with Crippen LogP contribution in [0.25, 0.3) is 0 Å². The van der Waals surface area contributed by atoms with E-state index < -0.39 is 0 Å². The third-order valence-corrected chi connectivity index (χ3v) is 3.13. The van der Waals surface area contributed by atoms with Gasteiger partial charge in [0.25, 0.3) is 0 Å². The van der Waals surface area contributed by atoms with Crippen LogP contribution in [-0.4, -0.2) is 35.8 Å². The van der Waals surface area contributed by atoms with E-state index in [0.717, 1.165) is 31.5 Å².